The first-order chi connectivity index (χ1) is 19.1. The lowest BCUT2D eigenvalue weighted by molar-refractivity contribution is 0.307. The zero-order valence-electron chi connectivity index (χ0n) is 21.8. The molecule has 0 atom stereocenters. The summed E-state index contributed by atoms with van der Waals surface area (Å²) in [5, 5.41) is 5.75. The number of furan rings is 1. The number of rotatable bonds is 10. The highest BCUT2D eigenvalue weighted by Gasteiger charge is 2.17. The van der Waals surface area contributed by atoms with Gasteiger partial charge in [0.05, 0.1) is 32.9 Å². The van der Waals surface area contributed by atoms with Crippen LogP contribution in [0.2, 0.25) is 0 Å². The maximum absolute atomic E-state index is 6.31. The molecule has 0 fully saturated rings. The van der Waals surface area contributed by atoms with Gasteiger partial charge in [-0.25, -0.2) is 9.50 Å². The fraction of sp³-hybridized carbons (Fsp3) is 0.200. The minimum Gasteiger partial charge on any atom is -0.497 e. The molecule has 3 heterocycles. The number of imidazole rings is 1. The van der Waals surface area contributed by atoms with E-state index in [2.05, 4.69) is 46.5 Å². The highest BCUT2D eigenvalue weighted by Crippen LogP contribution is 2.37. The van der Waals surface area contributed by atoms with Crippen LogP contribution in [0.3, 0.4) is 0 Å². The molecule has 198 valence electrons. The molecule has 39 heavy (non-hydrogen) atoms. The first-order valence-corrected chi connectivity index (χ1v) is 13.3. The van der Waals surface area contributed by atoms with Crippen molar-refractivity contribution in [3.63, 3.8) is 0 Å². The van der Waals surface area contributed by atoms with E-state index in [9.17, 15) is 0 Å². The summed E-state index contributed by atoms with van der Waals surface area (Å²) in [6.45, 7) is 0.420. The average Bonchev–Trinajstić information content (AvgIpc) is 3.68. The quantitative estimate of drug-likeness (QED) is 0.193. The Labute approximate surface area is 229 Å². The molecule has 3 aromatic heterocycles. The molecule has 6 rings (SSSR count). The largest absolute Gasteiger partial charge is 0.497 e. The number of ether oxygens (including phenoxy) is 4. The van der Waals surface area contributed by atoms with Gasteiger partial charge >= 0.3 is 0 Å². The highest BCUT2D eigenvalue weighted by atomic mass is 32.1. The second kappa shape index (κ2) is 10.7. The van der Waals surface area contributed by atoms with E-state index in [0.717, 1.165) is 34.5 Å². The van der Waals surface area contributed by atoms with Gasteiger partial charge in [0.1, 0.15) is 35.1 Å². The van der Waals surface area contributed by atoms with Crippen LogP contribution in [0.1, 0.15) is 16.7 Å². The van der Waals surface area contributed by atoms with Crippen molar-refractivity contribution >= 4 is 27.3 Å². The van der Waals surface area contributed by atoms with Gasteiger partial charge in [-0.3, -0.25) is 0 Å². The number of fused-ring (bicyclic) bond motifs is 2. The molecule has 0 amide bonds. The van der Waals surface area contributed by atoms with Gasteiger partial charge < -0.3 is 23.4 Å². The molecule has 3 aromatic carbocycles. The van der Waals surface area contributed by atoms with E-state index >= 15 is 0 Å². The molecule has 0 bridgehead atoms. The SMILES string of the molecule is COc1ccc(CCc2cccc(COc3cc(OC)cc4oc(-c5cn6nc(OC)sc6n5)cc34)c2)cc1. The number of nitrogens with zero attached hydrogens (tertiary/aromatic N) is 3. The summed E-state index contributed by atoms with van der Waals surface area (Å²) in [5.74, 6) is 2.84. The van der Waals surface area contributed by atoms with E-state index in [1.165, 1.54) is 22.5 Å². The number of aryl methyl sites for hydroxylation is 2. The second-order valence-corrected chi connectivity index (χ2v) is 9.95. The van der Waals surface area contributed by atoms with Gasteiger partial charge in [-0.05, 0) is 59.1 Å². The third-order valence-corrected chi connectivity index (χ3v) is 7.39. The zero-order chi connectivity index (χ0) is 26.8. The van der Waals surface area contributed by atoms with Crippen LogP contribution in [0, 0.1) is 0 Å². The van der Waals surface area contributed by atoms with Crippen molar-refractivity contribution in [1.82, 2.24) is 14.6 Å². The molecule has 0 aliphatic carbocycles. The lowest BCUT2D eigenvalue weighted by atomic mass is 10.0. The van der Waals surface area contributed by atoms with Crippen molar-refractivity contribution in [2.75, 3.05) is 21.3 Å². The molecule has 6 aromatic rings. The number of benzene rings is 3. The standard InChI is InChI=1S/C30H27N3O5S/c1-34-22-11-9-19(10-12-22)7-8-20-5-4-6-21(13-20)18-37-26-14-23(35-2)15-27-24(26)16-28(38-27)25-17-33-29(31-25)39-30(32-33)36-3/h4-6,9-17H,7-8,18H2,1-3H3. The third-order valence-electron chi connectivity index (χ3n) is 6.51. The van der Waals surface area contributed by atoms with E-state index in [1.807, 2.05) is 36.5 Å². The summed E-state index contributed by atoms with van der Waals surface area (Å²) in [7, 11) is 4.90. The van der Waals surface area contributed by atoms with Crippen LogP contribution in [-0.4, -0.2) is 35.9 Å². The molecule has 0 saturated heterocycles. The molecular weight excluding hydrogens is 514 g/mol. The van der Waals surface area contributed by atoms with E-state index in [0.29, 0.717) is 40.3 Å². The fourth-order valence-corrected chi connectivity index (χ4v) is 5.15. The van der Waals surface area contributed by atoms with Crippen LogP contribution in [0.25, 0.3) is 27.4 Å². The van der Waals surface area contributed by atoms with Crippen molar-refractivity contribution in [2.24, 2.45) is 0 Å². The maximum Gasteiger partial charge on any atom is 0.294 e. The highest BCUT2D eigenvalue weighted by molar-refractivity contribution is 7.18. The Bertz CT molecular complexity index is 1700. The van der Waals surface area contributed by atoms with Gasteiger partial charge in [0, 0.05) is 12.1 Å². The third kappa shape index (κ3) is 5.26. The summed E-state index contributed by atoms with van der Waals surface area (Å²) < 4.78 is 30.1. The maximum atomic E-state index is 6.31. The predicted molar refractivity (Wildman–Crippen MR) is 150 cm³/mol. The lowest BCUT2D eigenvalue weighted by Crippen LogP contribution is -1.98. The smallest absolute Gasteiger partial charge is 0.294 e. The molecule has 8 nitrogen and oxygen atoms in total. The summed E-state index contributed by atoms with van der Waals surface area (Å²) >= 11 is 1.37. The van der Waals surface area contributed by atoms with Gasteiger partial charge in [0.25, 0.3) is 5.19 Å². The van der Waals surface area contributed by atoms with E-state index in [1.54, 1.807) is 25.8 Å². The Kier molecular flexibility index (Phi) is 6.81. The van der Waals surface area contributed by atoms with Crippen molar-refractivity contribution in [2.45, 2.75) is 19.4 Å². The van der Waals surface area contributed by atoms with Gasteiger partial charge in [-0.1, -0.05) is 36.4 Å². The minimum absolute atomic E-state index is 0.420. The topological polar surface area (TPSA) is 80.2 Å². The van der Waals surface area contributed by atoms with Crippen molar-refractivity contribution < 1.29 is 23.4 Å². The molecular formula is C30H27N3O5S. The van der Waals surface area contributed by atoms with E-state index in [-0.39, 0.29) is 0 Å². The van der Waals surface area contributed by atoms with Crippen LogP contribution in [-0.2, 0) is 19.4 Å². The molecule has 0 spiro atoms. The first kappa shape index (κ1) is 24.8. The van der Waals surface area contributed by atoms with Gasteiger partial charge in [-0.15, -0.1) is 5.10 Å². The summed E-state index contributed by atoms with van der Waals surface area (Å²) in [6, 6.07) is 22.4. The van der Waals surface area contributed by atoms with Crippen LogP contribution in [0.5, 0.6) is 22.4 Å². The molecule has 0 unspecified atom stereocenters. The molecule has 9 heteroatoms. The first-order valence-electron chi connectivity index (χ1n) is 12.5. The van der Waals surface area contributed by atoms with Crippen LogP contribution in [0.4, 0.5) is 0 Å². The molecule has 0 aliphatic heterocycles. The summed E-state index contributed by atoms with van der Waals surface area (Å²) in [4.78, 5) is 5.36. The molecule has 0 radical (unpaired) electrons. The Morgan fingerprint density at radius 2 is 1.62 bits per heavy atom. The van der Waals surface area contributed by atoms with Crippen molar-refractivity contribution in [1.29, 1.82) is 0 Å². The summed E-state index contributed by atoms with van der Waals surface area (Å²) in [6.07, 6.45) is 3.72. The number of hydrogen-bond acceptors (Lipinski definition) is 8. The Balaban J connectivity index is 1.20. The number of hydrogen-bond donors (Lipinski definition) is 0. The monoisotopic (exact) mass is 541 g/mol. The average molecular weight is 542 g/mol. The normalized spacial score (nSPS) is 11.3. The van der Waals surface area contributed by atoms with E-state index in [4.69, 9.17) is 23.4 Å². The Hall–Kier alpha value is -4.50. The van der Waals surface area contributed by atoms with Gasteiger partial charge in [0.15, 0.2) is 5.76 Å². The zero-order valence-corrected chi connectivity index (χ0v) is 22.7. The van der Waals surface area contributed by atoms with E-state index < -0.39 is 0 Å². The predicted octanol–water partition coefficient (Wildman–Crippen LogP) is 6.59. The van der Waals surface area contributed by atoms with Crippen molar-refractivity contribution in [3.05, 3.63) is 89.6 Å². The Morgan fingerprint density at radius 3 is 2.38 bits per heavy atom. The molecule has 0 saturated carbocycles. The minimum atomic E-state index is 0.420. The second-order valence-electron chi connectivity index (χ2n) is 9.03. The van der Waals surface area contributed by atoms with Gasteiger partial charge in [-0.2, -0.15) is 0 Å². The van der Waals surface area contributed by atoms with Crippen LogP contribution < -0.4 is 18.9 Å². The summed E-state index contributed by atoms with van der Waals surface area (Å²) in [5.41, 5.74) is 4.98. The van der Waals surface area contributed by atoms with Crippen LogP contribution >= 0.6 is 11.3 Å². The number of aromatic nitrogens is 3. The Morgan fingerprint density at radius 1 is 0.821 bits per heavy atom. The number of methoxy groups -OCH3 is 3. The fourth-order valence-electron chi connectivity index (χ4n) is 4.45. The molecule has 0 aliphatic rings. The van der Waals surface area contributed by atoms with Crippen molar-refractivity contribution in [3.8, 4) is 33.9 Å². The lowest BCUT2D eigenvalue weighted by Gasteiger charge is -2.10. The van der Waals surface area contributed by atoms with Gasteiger partial charge in [0.2, 0.25) is 4.96 Å². The molecule has 0 N–H and O–H groups in total. The van der Waals surface area contributed by atoms with Crippen LogP contribution in [0.15, 0.2) is 77.3 Å².